The maximum atomic E-state index is 12.8. The Morgan fingerprint density at radius 1 is 1.17 bits per heavy atom. The number of para-hydroxylation sites is 1. The van der Waals surface area contributed by atoms with E-state index in [1.54, 1.807) is 12.1 Å². The highest BCUT2D eigenvalue weighted by atomic mass is 35.5. The van der Waals surface area contributed by atoms with Gasteiger partial charge in [-0.05, 0) is 44.4 Å². The number of β-amino-alcohol motifs (C(OH)–C–C–N with tert-alkyl or cyclic N) is 1. The zero-order chi connectivity index (χ0) is 16.6. The largest absolute Gasteiger partial charge is 0.390 e. The van der Waals surface area contributed by atoms with Crippen molar-refractivity contribution in [2.75, 3.05) is 32.1 Å². The van der Waals surface area contributed by atoms with E-state index < -0.39 is 16.9 Å². The average Bonchev–Trinajstić information content (AvgIpc) is 2.50. The normalized spacial score (nSPS) is 17.8. The van der Waals surface area contributed by atoms with Gasteiger partial charge in [-0.3, -0.25) is 0 Å². The Balaban J connectivity index is 2.06. The highest BCUT2D eigenvalue weighted by molar-refractivity contribution is 7.85. The summed E-state index contributed by atoms with van der Waals surface area (Å²) in [6.45, 7) is 0.970. The fraction of sp³-hybridized carbons (Fsp3) is 0.294. The lowest BCUT2D eigenvalue weighted by Crippen LogP contribution is -2.37. The first-order valence-electron chi connectivity index (χ1n) is 7.38. The molecule has 122 valence electrons. The Morgan fingerprint density at radius 3 is 2.61 bits per heavy atom. The highest BCUT2D eigenvalue weighted by Crippen LogP contribution is 2.42. The average molecular weight is 351 g/mol. The van der Waals surface area contributed by atoms with Gasteiger partial charge < -0.3 is 14.9 Å². The Labute approximate surface area is 143 Å². The molecule has 0 amide bonds. The van der Waals surface area contributed by atoms with E-state index in [0.717, 1.165) is 21.2 Å². The van der Waals surface area contributed by atoms with E-state index in [1.807, 2.05) is 54.2 Å². The lowest BCUT2D eigenvalue weighted by atomic mass is 10.2. The number of anilines is 2. The number of nitrogens with zero attached hydrogens (tertiary/aromatic N) is 2. The number of aliphatic hydroxyl groups is 1. The fourth-order valence-corrected chi connectivity index (χ4v) is 4.35. The minimum absolute atomic E-state index is 0.416. The van der Waals surface area contributed by atoms with Crippen molar-refractivity contribution in [3.8, 4) is 0 Å². The smallest absolute Gasteiger partial charge is 0.0892 e. The van der Waals surface area contributed by atoms with Crippen LogP contribution in [0.3, 0.4) is 0 Å². The van der Waals surface area contributed by atoms with Crippen molar-refractivity contribution in [2.24, 2.45) is 0 Å². The molecule has 0 radical (unpaired) electrons. The molecule has 6 heteroatoms. The van der Waals surface area contributed by atoms with Gasteiger partial charge in [-0.1, -0.05) is 23.7 Å². The summed E-state index contributed by atoms with van der Waals surface area (Å²) in [5.74, 6) is 0. The minimum Gasteiger partial charge on any atom is -0.390 e. The fourth-order valence-electron chi connectivity index (χ4n) is 2.83. The van der Waals surface area contributed by atoms with Gasteiger partial charge in [0.1, 0.15) is 0 Å². The second-order valence-corrected chi connectivity index (χ2v) is 7.73. The predicted octanol–water partition coefficient (Wildman–Crippen LogP) is 2.88. The molecule has 3 rings (SSSR count). The topological polar surface area (TPSA) is 43.8 Å². The van der Waals surface area contributed by atoms with Crippen molar-refractivity contribution in [2.45, 2.75) is 15.9 Å². The van der Waals surface area contributed by atoms with Crippen LogP contribution in [0, 0.1) is 0 Å². The van der Waals surface area contributed by atoms with Gasteiger partial charge in [0.15, 0.2) is 0 Å². The van der Waals surface area contributed by atoms with E-state index in [1.165, 1.54) is 0 Å². The number of hydrogen-bond donors (Lipinski definition) is 1. The van der Waals surface area contributed by atoms with Crippen molar-refractivity contribution in [1.82, 2.24) is 4.90 Å². The van der Waals surface area contributed by atoms with Crippen LogP contribution in [0.25, 0.3) is 0 Å². The summed E-state index contributed by atoms with van der Waals surface area (Å²) in [6, 6.07) is 13.0. The van der Waals surface area contributed by atoms with E-state index >= 15 is 0 Å². The maximum absolute atomic E-state index is 12.8. The standard InChI is InChI=1S/C17H19ClN2O2S/c1-19(2)10-13(21)11-20-14-5-3-4-6-16(14)23(22)17-8-7-12(18)9-15(17)20/h3-9,13,21H,10-11H2,1-2H3/t13-,23+/m1/s1. The van der Waals surface area contributed by atoms with Gasteiger partial charge in [0.25, 0.3) is 0 Å². The molecule has 4 nitrogen and oxygen atoms in total. The van der Waals surface area contributed by atoms with Crippen LogP contribution in [-0.4, -0.2) is 47.5 Å². The zero-order valence-electron chi connectivity index (χ0n) is 13.1. The molecule has 0 spiro atoms. The van der Waals surface area contributed by atoms with E-state index in [-0.39, 0.29) is 0 Å². The van der Waals surface area contributed by atoms with Gasteiger partial charge in [-0.25, -0.2) is 4.21 Å². The monoisotopic (exact) mass is 350 g/mol. The number of fused-ring (bicyclic) bond motifs is 2. The second-order valence-electron chi connectivity index (χ2n) is 5.88. The van der Waals surface area contributed by atoms with Crippen molar-refractivity contribution in [1.29, 1.82) is 0 Å². The molecule has 1 N–H and O–H groups in total. The minimum atomic E-state index is -1.24. The van der Waals surface area contributed by atoms with E-state index in [2.05, 4.69) is 0 Å². The molecule has 0 fully saturated rings. The molecule has 23 heavy (non-hydrogen) atoms. The van der Waals surface area contributed by atoms with Gasteiger partial charge in [0, 0.05) is 11.6 Å². The Hall–Kier alpha value is -1.40. The first kappa shape index (κ1) is 16.5. The molecular formula is C17H19ClN2O2S. The molecule has 0 unspecified atom stereocenters. The molecule has 0 bridgehead atoms. The molecule has 2 aromatic rings. The van der Waals surface area contributed by atoms with Gasteiger partial charge in [0.2, 0.25) is 0 Å². The van der Waals surface area contributed by atoms with E-state index in [4.69, 9.17) is 11.6 Å². The first-order valence-corrected chi connectivity index (χ1v) is 8.91. The summed E-state index contributed by atoms with van der Waals surface area (Å²) < 4.78 is 12.8. The number of rotatable bonds is 4. The third kappa shape index (κ3) is 3.28. The van der Waals surface area contributed by atoms with Crippen molar-refractivity contribution in [3.05, 3.63) is 47.5 Å². The van der Waals surface area contributed by atoms with E-state index in [9.17, 15) is 9.32 Å². The van der Waals surface area contributed by atoms with Crippen LogP contribution in [0.2, 0.25) is 5.02 Å². The van der Waals surface area contributed by atoms with Crippen molar-refractivity contribution in [3.63, 3.8) is 0 Å². The molecule has 0 aliphatic carbocycles. The van der Waals surface area contributed by atoms with Crippen LogP contribution in [0.1, 0.15) is 0 Å². The molecule has 1 aliphatic rings. The van der Waals surface area contributed by atoms with Gasteiger partial charge in [-0.15, -0.1) is 0 Å². The first-order chi connectivity index (χ1) is 11.0. The Morgan fingerprint density at radius 2 is 1.87 bits per heavy atom. The zero-order valence-corrected chi connectivity index (χ0v) is 14.6. The van der Waals surface area contributed by atoms with Crippen LogP contribution < -0.4 is 4.90 Å². The van der Waals surface area contributed by atoms with E-state index in [0.29, 0.717) is 18.1 Å². The quantitative estimate of drug-likeness (QED) is 0.920. The summed E-state index contributed by atoms with van der Waals surface area (Å²) >= 11 is 6.14. The number of benzene rings is 2. The summed E-state index contributed by atoms with van der Waals surface area (Å²) in [7, 11) is 2.61. The molecule has 2 aromatic carbocycles. The van der Waals surface area contributed by atoms with Crippen LogP contribution >= 0.6 is 11.6 Å². The summed E-state index contributed by atoms with van der Waals surface area (Å²) in [6.07, 6.45) is -0.531. The predicted molar refractivity (Wildman–Crippen MR) is 94.1 cm³/mol. The second kappa shape index (κ2) is 6.61. The molecule has 0 saturated heterocycles. The highest BCUT2D eigenvalue weighted by Gasteiger charge is 2.29. The van der Waals surface area contributed by atoms with Crippen LogP contribution in [0.5, 0.6) is 0 Å². The van der Waals surface area contributed by atoms with Crippen molar-refractivity contribution >= 4 is 33.8 Å². The van der Waals surface area contributed by atoms with Crippen LogP contribution in [0.15, 0.2) is 52.3 Å². The van der Waals surface area contributed by atoms with Crippen LogP contribution in [-0.2, 0) is 10.8 Å². The molecule has 0 saturated carbocycles. The lowest BCUT2D eigenvalue weighted by molar-refractivity contribution is 0.143. The Bertz CT molecular complexity index is 751. The molecule has 2 atom stereocenters. The number of halogens is 1. The molecular weight excluding hydrogens is 332 g/mol. The third-order valence-electron chi connectivity index (χ3n) is 3.74. The molecule has 1 aliphatic heterocycles. The van der Waals surface area contributed by atoms with Crippen LogP contribution in [0.4, 0.5) is 11.4 Å². The van der Waals surface area contributed by atoms with Gasteiger partial charge >= 0.3 is 0 Å². The Kier molecular flexibility index (Phi) is 4.73. The lowest BCUT2D eigenvalue weighted by Gasteiger charge is -2.34. The molecule has 0 aromatic heterocycles. The maximum Gasteiger partial charge on any atom is 0.0892 e. The van der Waals surface area contributed by atoms with Crippen molar-refractivity contribution < 1.29 is 9.32 Å². The number of hydrogen-bond acceptors (Lipinski definition) is 4. The number of aliphatic hydroxyl groups excluding tert-OH is 1. The molecule has 1 heterocycles. The number of likely N-dealkylation sites (N-methyl/N-ethyl adjacent to an activating group) is 1. The SMILES string of the molecule is CN(C)C[C@@H](O)CN1c2ccccc2[S@](=O)c2ccc(Cl)cc21. The summed E-state index contributed by atoms with van der Waals surface area (Å²) in [5.41, 5.74) is 1.66. The third-order valence-corrected chi connectivity index (χ3v) is 5.46. The summed E-state index contributed by atoms with van der Waals surface area (Å²) in [4.78, 5) is 5.44. The van der Waals surface area contributed by atoms with Gasteiger partial charge in [-0.2, -0.15) is 0 Å². The van der Waals surface area contributed by atoms with Gasteiger partial charge in [0.05, 0.1) is 44.6 Å². The summed E-state index contributed by atoms with van der Waals surface area (Å²) in [5, 5.41) is 11.0.